The molecule has 0 aliphatic carbocycles. The first-order valence-corrected chi connectivity index (χ1v) is 5.55. The zero-order valence-corrected chi connectivity index (χ0v) is 10.2. The van der Waals surface area contributed by atoms with Gasteiger partial charge in [0.15, 0.2) is 0 Å². The first-order valence-electron chi connectivity index (χ1n) is 5.55. The van der Waals surface area contributed by atoms with Crippen molar-refractivity contribution < 1.29 is 14.7 Å². The van der Waals surface area contributed by atoms with E-state index in [9.17, 15) is 9.59 Å². The van der Waals surface area contributed by atoms with Crippen LogP contribution in [-0.4, -0.2) is 35.0 Å². The van der Waals surface area contributed by atoms with E-state index in [0.29, 0.717) is 0 Å². The van der Waals surface area contributed by atoms with Crippen LogP contribution in [0.5, 0.6) is 0 Å². The summed E-state index contributed by atoms with van der Waals surface area (Å²) in [5.74, 6) is 0.552. The molecule has 1 aromatic rings. The lowest BCUT2D eigenvalue weighted by molar-refractivity contribution is -0.144. The van der Waals surface area contributed by atoms with E-state index in [2.05, 4.69) is 5.92 Å². The predicted octanol–water partition coefficient (Wildman–Crippen LogP) is 1.34. The average molecular weight is 245 g/mol. The third-order valence-electron chi connectivity index (χ3n) is 2.59. The lowest BCUT2D eigenvalue weighted by atomic mass is 10.00. The second-order valence-corrected chi connectivity index (χ2v) is 3.92. The molecule has 0 heterocycles. The summed E-state index contributed by atoms with van der Waals surface area (Å²) in [5, 5.41) is 8.75. The Morgan fingerprint density at radius 3 is 2.50 bits per heavy atom. The second-order valence-electron chi connectivity index (χ2n) is 3.92. The lowest BCUT2D eigenvalue weighted by Crippen LogP contribution is -2.38. The average Bonchev–Trinajstić information content (AvgIpc) is 2.37. The molecule has 1 rings (SSSR count). The number of hydrogen-bond acceptors (Lipinski definition) is 2. The van der Waals surface area contributed by atoms with Gasteiger partial charge in [0.2, 0.25) is 5.91 Å². The summed E-state index contributed by atoms with van der Waals surface area (Å²) in [6.45, 7) is 1.37. The minimum absolute atomic E-state index is 0.00229. The summed E-state index contributed by atoms with van der Waals surface area (Å²) in [7, 11) is 0. The van der Waals surface area contributed by atoms with Gasteiger partial charge in [-0.05, 0) is 12.5 Å². The Balaban J connectivity index is 2.83. The maximum Gasteiger partial charge on any atom is 0.323 e. The predicted molar refractivity (Wildman–Crippen MR) is 67.9 cm³/mol. The van der Waals surface area contributed by atoms with E-state index in [-0.39, 0.29) is 19.0 Å². The van der Waals surface area contributed by atoms with E-state index in [1.807, 2.05) is 30.3 Å². The Labute approximate surface area is 106 Å². The zero-order valence-electron chi connectivity index (χ0n) is 10.2. The molecule has 0 spiro atoms. The van der Waals surface area contributed by atoms with Crippen molar-refractivity contribution in [3.05, 3.63) is 35.9 Å². The van der Waals surface area contributed by atoms with Crippen LogP contribution < -0.4 is 0 Å². The number of terminal acetylenes is 1. The van der Waals surface area contributed by atoms with Gasteiger partial charge in [-0.15, -0.1) is 6.42 Å². The fourth-order valence-electron chi connectivity index (χ4n) is 1.64. The molecule has 4 heteroatoms. The minimum atomic E-state index is -1.07. The number of carbonyl (C=O) groups is 2. The van der Waals surface area contributed by atoms with Crippen LogP contribution in [0.2, 0.25) is 0 Å². The Kier molecular flexibility index (Phi) is 4.94. The largest absolute Gasteiger partial charge is 0.480 e. The summed E-state index contributed by atoms with van der Waals surface area (Å²) in [6.07, 6.45) is 5.14. The summed E-state index contributed by atoms with van der Waals surface area (Å²) in [5.41, 5.74) is 0.843. The number of carboxylic acids is 1. The fraction of sp³-hybridized carbons (Fsp3) is 0.286. The van der Waals surface area contributed by atoms with E-state index < -0.39 is 11.9 Å². The summed E-state index contributed by atoms with van der Waals surface area (Å²) >= 11 is 0. The molecular weight excluding hydrogens is 230 g/mol. The minimum Gasteiger partial charge on any atom is -0.480 e. The van der Waals surface area contributed by atoms with Gasteiger partial charge < -0.3 is 10.0 Å². The van der Waals surface area contributed by atoms with Crippen molar-refractivity contribution in [3.63, 3.8) is 0 Å². The monoisotopic (exact) mass is 245 g/mol. The summed E-state index contributed by atoms with van der Waals surface area (Å²) < 4.78 is 0. The number of aliphatic carboxylic acids is 1. The molecule has 0 aliphatic rings. The van der Waals surface area contributed by atoms with Crippen molar-refractivity contribution in [1.29, 1.82) is 0 Å². The topological polar surface area (TPSA) is 57.6 Å². The zero-order chi connectivity index (χ0) is 13.5. The molecular formula is C14H15NO3. The number of benzene rings is 1. The van der Waals surface area contributed by atoms with Crippen LogP contribution in [0.15, 0.2) is 30.3 Å². The molecule has 0 bridgehead atoms. The molecule has 0 saturated heterocycles. The number of rotatable bonds is 5. The quantitative estimate of drug-likeness (QED) is 0.796. The van der Waals surface area contributed by atoms with Crippen molar-refractivity contribution in [2.75, 3.05) is 13.1 Å². The van der Waals surface area contributed by atoms with Gasteiger partial charge in [-0.3, -0.25) is 9.59 Å². The summed E-state index contributed by atoms with van der Waals surface area (Å²) in [6, 6.07) is 9.19. The van der Waals surface area contributed by atoms with E-state index >= 15 is 0 Å². The first kappa shape index (κ1) is 13.8. The number of amides is 1. The van der Waals surface area contributed by atoms with Crippen molar-refractivity contribution in [2.24, 2.45) is 0 Å². The molecule has 0 aliphatic heterocycles. The molecule has 0 radical (unpaired) electrons. The fourth-order valence-corrected chi connectivity index (χ4v) is 1.64. The molecule has 1 amide bonds. The molecule has 18 heavy (non-hydrogen) atoms. The smallest absolute Gasteiger partial charge is 0.323 e. The van der Waals surface area contributed by atoms with Gasteiger partial charge in [-0.2, -0.15) is 0 Å². The van der Waals surface area contributed by atoms with Crippen molar-refractivity contribution in [3.8, 4) is 12.3 Å². The highest BCUT2D eigenvalue weighted by Crippen LogP contribution is 2.17. The molecule has 0 aromatic heterocycles. The SMILES string of the molecule is C#CCN(CC(=O)O)C(=O)C(C)c1ccccc1. The molecule has 4 nitrogen and oxygen atoms in total. The first-order chi connectivity index (χ1) is 8.56. The highest BCUT2D eigenvalue weighted by atomic mass is 16.4. The van der Waals surface area contributed by atoms with Crippen LogP contribution in [0.3, 0.4) is 0 Å². The van der Waals surface area contributed by atoms with Gasteiger partial charge in [-0.1, -0.05) is 36.3 Å². The Morgan fingerprint density at radius 1 is 1.39 bits per heavy atom. The van der Waals surface area contributed by atoms with Crippen LogP contribution in [0.4, 0.5) is 0 Å². The third-order valence-corrected chi connectivity index (χ3v) is 2.59. The van der Waals surface area contributed by atoms with E-state index in [0.717, 1.165) is 5.56 Å². The normalized spacial score (nSPS) is 11.3. The lowest BCUT2D eigenvalue weighted by Gasteiger charge is -2.22. The maximum absolute atomic E-state index is 12.1. The molecule has 1 atom stereocenters. The Morgan fingerprint density at radius 2 is 2.00 bits per heavy atom. The van der Waals surface area contributed by atoms with Gasteiger partial charge in [0.25, 0.3) is 0 Å². The third kappa shape index (κ3) is 3.63. The van der Waals surface area contributed by atoms with Crippen molar-refractivity contribution in [1.82, 2.24) is 4.90 Å². The Hall–Kier alpha value is -2.28. The van der Waals surface area contributed by atoms with E-state index in [4.69, 9.17) is 11.5 Å². The highest BCUT2D eigenvalue weighted by Gasteiger charge is 2.22. The van der Waals surface area contributed by atoms with Crippen LogP contribution in [0, 0.1) is 12.3 Å². The molecule has 0 saturated carbocycles. The molecule has 1 N–H and O–H groups in total. The van der Waals surface area contributed by atoms with Crippen molar-refractivity contribution >= 4 is 11.9 Å². The summed E-state index contributed by atoms with van der Waals surface area (Å²) in [4.78, 5) is 24.0. The van der Waals surface area contributed by atoms with E-state index in [1.54, 1.807) is 6.92 Å². The molecule has 0 fully saturated rings. The van der Waals surface area contributed by atoms with E-state index in [1.165, 1.54) is 4.90 Å². The van der Waals surface area contributed by atoms with Crippen molar-refractivity contribution in [2.45, 2.75) is 12.8 Å². The van der Waals surface area contributed by atoms with Gasteiger partial charge >= 0.3 is 5.97 Å². The molecule has 1 aromatic carbocycles. The van der Waals surface area contributed by atoms with Crippen LogP contribution in [-0.2, 0) is 9.59 Å². The number of nitrogens with zero attached hydrogens (tertiary/aromatic N) is 1. The maximum atomic E-state index is 12.1. The van der Waals surface area contributed by atoms with Gasteiger partial charge in [-0.25, -0.2) is 0 Å². The number of carbonyl (C=O) groups excluding carboxylic acids is 1. The van der Waals surface area contributed by atoms with Gasteiger partial charge in [0.1, 0.15) is 6.54 Å². The van der Waals surface area contributed by atoms with Crippen LogP contribution >= 0.6 is 0 Å². The molecule has 94 valence electrons. The second kappa shape index (κ2) is 6.45. The molecule has 1 unspecified atom stereocenters. The van der Waals surface area contributed by atoms with Gasteiger partial charge in [0, 0.05) is 0 Å². The van der Waals surface area contributed by atoms with Crippen LogP contribution in [0.25, 0.3) is 0 Å². The Bertz CT molecular complexity index is 462. The van der Waals surface area contributed by atoms with Gasteiger partial charge in [0.05, 0.1) is 12.5 Å². The number of hydrogen-bond donors (Lipinski definition) is 1. The van der Waals surface area contributed by atoms with Crippen LogP contribution in [0.1, 0.15) is 18.4 Å². The number of carboxylic acid groups (broad SMARTS) is 1. The standard InChI is InChI=1S/C14H15NO3/c1-3-9-15(10-13(16)17)14(18)11(2)12-7-5-4-6-8-12/h1,4-8,11H,9-10H2,2H3,(H,16,17). The highest BCUT2D eigenvalue weighted by molar-refractivity contribution is 5.86.